The Kier molecular flexibility index (Phi) is 14.4. The Balaban J connectivity index is 0. The molecular weight excluding hydrogens is 166 g/mol. The Morgan fingerprint density at radius 1 is 1.20 bits per heavy atom. The summed E-state index contributed by atoms with van der Waals surface area (Å²) in [5.41, 5.74) is 0. The molecule has 0 amide bonds. The van der Waals surface area contributed by atoms with Gasteiger partial charge < -0.3 is 0 Å². The lowest BCUT2D eigenvalue weighted by Gasteiger charge is -1.70. The zero-order valence-electron chi connectivity index (χ0n) is 5.90. The molecule has 0 saturated carbocycles. The van der Waals surface area contributed by atoms with E-state index < -0.39 is 0 Å². The van der Waals surface area contributed by atoms with Crippen molar-refractivity contribution >= 4 is 25.0 Å². The van der Waals surface area contributed by atoms with Crippen LogP contribution in [0.4, 0.5) is 0 Å². The highest BCUT2D eigenvalue weighted by Crippen LogP contribution is 1.73. The van der Waals surface area contributed by atoms with Gasteiger partial charge in [0.25, 0.3) is 0 Å². The van der Waals surface area contributed by atoms with Gasteiger partial charge in [-0.25, -0.2) is 0 Å². The molecule has 0 radical (unpaired) electrons. The van der Waals surface area contributed by atoms with Crippen LogP contribution in [0.25, 0.3) is 0 Å². The Morgan fingerprint density at radius 2 is 1.60 bits per heavy atom. The largest absolute Gasteiger partial charge is 0.265 e. The molecule has 0 aromatic carbocycles. The van der Waals surface area contributed by atoms with Gasteiger partial charge in [-0.2, -0.15) is 12.6 Å². The fraction of sp³-hybridized carbons (Fsp3) is 0.286. The molecule has 0 bridgehead atoms. The Hall–Kier alpha value is -0.210. The van der Waals surface area contributed by atoms with E-state index in [4.69, 9.17) is 0 Å². The van der Waals surface area contributed by atoms with Crippen LogP contribution in [0.5, 0.6) is 0 Å². The van der Waals surface area contributed by atoms with E-state index in [1.54, 1.807) is 12.4 Å². The summed E-state index contributed by atoms with van der Waals surface area (Å²) in [6.07, 6.45) is 3.50. The summed E-state index contributed by atoms with van der Waals surface area (Å²) in [5, 5.41) is 0. The molecule has 1 aromatic rings. The predicted molar refractivity (Wildman–Crippen MR) is 51.0 cm³/mol. The highest BCUT2D eigenvalue weighted by Gasteiger charge is 1.58. The first-order chi connectivity index (χ1) is 4.41. The standard InChI is InChI=1S/C5H5N.C2H6S.ClH/c1-2-4-6-5-3-1;1-2-3;/h1-5H;3H,2H2,1H3;1H. The van der Waals surface area contributed by atoms with Gasteiger partial charge in [-0.15, -0.1) is 12.4 Å². The number of pyridine rings is 1. The van der Waals surface area contributed by atoms with E-state index in [2.05, 4.69) is 17.6 Å². The molecule has 0 N–H and O–H groups in total. The maximum Gasteiger partial charge on any atom is 0.0267 e. The van der Waals surface area contributed by atoms with Gasteiger partial charge in [0.1, 0.15) is 0 Å². The van der Waals surface area contributed by atoms with E-state index in [1.807, 2.05) is 25.1 Å². The number of hydrogen-bond donors (Lipinski definition) is 1. The highest BCUT2D eigenvalue weighted by atomic mass is 35.5. The van der Waals surface area contributed by atoms with Crippen LogP contribution in [0.2, 0.25) is 0 Å². The number of halogens is 1. The van der Waals surface area contributed by atoms with E-state index in [9.17, 15) is 0 Å². The summed E-state index contributed by atoms with van der Waals surface area (Å²) in [6, 6.07) is 5.72. The molecule has 58 valence electrons. The van der Waals surface area contributed by atoms with Crippen molar-refractivity contribution in [3.63, 3.8) is 0 Å². The molecule has 0 fully saturated rings. The van der Waals surface area contributed by atoms with Crippen LogP contribution in [0.1, 0.15) is 6.92 Å². The van der Waals surface area contributed by atoms with Gasteiger partial charge in [-0.05, 0) is 17.9 Å². The lowest BCUT2D eigenvalue weighted by Crippen LogP contribution is -1.58. The van der Waals surface area contributed by atoms with Crippen LogP contribution < -0.4 is 0 Å². The minimum absolute atomic E-state index is 0. The van der Waals surface area contributed by atoms with E-state index in [-0.39, 0.29) is 12.4 Å². The molecule has 1 rings (SSSR count). The second-order valence-electron chi connectivity index (χ2n) is 1.34. The second-order valence-corrected chi connectivity index (χ2v) is 1.97. The van der Waals surface area contributed by atoms with Crippen molar-refractivity contribution in [1.82, 2.24) is 4.98 Å². The Morgan fingerprint density at radius 3 is 1.70 bits per heavy atom. The number of thiol groups is 1. The summed E-state index contributed by atoms with van der Waals surface area (Å²) in [5.74, 6) is 0.944. The number of rotatable bonds is 0. The molecule has 0 aliphatic carbocycles. The molecule has 0 saturated heterocycles. The van der Waals surface area contributed by atoms with Crippen LogP contribution in [0, 0.1) is 0 Å². The molecule has 1 nitrogen and oxygen atoms in total. The monoisotopic (exact) mass is 177 g/mol. The van der Waals surface area contributed by atoms with Gasteiger partial charge in [-0.3, -0.25) is 4.98 Å². The zero-order chi connectivity index (χ0) is 6.95. The van der Waals surface area contributed by atoms with Crippen molar-refractivity contribution in [2.45, 2.75) is 6.92 Å². The van der Waals surface area contributed by atoms with Crippen LogP contribution in [0.15, 0.2) is 30.6 Å². The first-order valence-corrected chi connectivity index (χ1v) is 3.51. The fourth-order valence-electron chi connectivity index (χ4n) is 0.313. The van der Waals surface area contributed by atoms with Crippen molar-refractivity contribution < 1.29 is 0 Å². The van der Waals surface area contributed by atoms with E-state index in [1.165, 1.54) is 0 Å². The third-order valence-corrected chi connectivity index (χ3v) is 0.566. The lowest BCUT2D eigenvalue weighted by molar-refractivity contribution is 1.33. The average molecular weight is 178 g/mol. The topological polar surface area (TPSA) is 12.9 Å². The zero-order valence-corrected chi connectivity index (χ0v) is 7.61. The average Bonchev–Trinajstić information content (AvgIpc) is 1.93. The van der Waals surface area contributed by atoms with Crippen molar-refractivity contribution in [2.24, 2.45) is 0 Å². The normalized spacial score (nSPS) is 6.60. The van der Waals surface area contributed by atoms with Crippen LogP contribution in [0.3, 0.4) is 0 Å². The van der Waals surface area contributed by atoms with Crippen LogP contribution >= 0.6 is 25.0 Å². The molecule has 0 unspecified atom stereocenters. The van der Waals surface area contributed by atoms with Crippen molar-refractivity contribution in [2.75, 3.05) is 5.75 Å². The Bertz CT molecular complexity index is 96.5. The molecule has 0 aliphatic heterocycles. The van der Waals surface area contributed by atoms with Gasteiger partial charge in [-0.1, -0.05) is 13.0 Å². The smallest absolute Gasteiger partial charge is 0.0267 e. The SMILES string of the molecule is CCS.Cl.c1ccncc1. The van der Waals surface area contributed by atoms with Gasteiger partial charge in [0.2, 0.25) is 0 Å². The summed E-state index contributed by atoms with van der Waals surface area (Å²) >= 11 is 3.79. The summed E-state index contributed by atoms with van der Waals surface area (Å²) in [7, 11) is 0. The minimum atomic E-state index is 0. The third kappa shape index (κ3) is 10.7. The highest BCUT2D eigenvalue weighted by molar-refractivity contribution is 7.80. The molecule has 1 heterocycles. The molecular formula is C7H12ClNS. The fourth-order valence-corrected chi connectivity index (χ4v) is 0.313. The molecule has 10 heavy (non-hydrogen) atoms. The maximum absolute atomic E-state index is 3.79. The molecule has 0 aliphatic rings. The van der Waals surface area contributed by atoms with Crippen molar-refractivity contribution in [3.05, 3.63) is 30.6 Å². The van der Waals surface area contributed by atoms with Gasteiger partial charge in [0, 0.05) is 12.4 Å². The van der Waals surface area contributed by atoms with Gasteiger partial charge >= 0.3 is 0 Å². The van der Waals surface area contributed by atoms with Crippen LogP contribution in [-0.4, -0.2) is 10.7 Å². The number of hydrogen-bond acceptors (Lipinski definition) is 2. The molecule has 0 atom stereocenters. The minimum Gasteiger partial charge on any atom is -0.265 e. The first-order valence-electron chi connectivity index (χ1n) is 2.87. The maximum atomic E-state index is 3.79. The summed E-state index contributed by atoms with van der Waals surface area (Å²) in [4.78, 5) is 3.78. The van der Waals surface area contributed by atoms with E-state index in [0.717, 1.165) is 5.75 Å². The Labute approximate surface area is 73.7 Å². The van der Waals surface area contributed by atoms with Gasteiger partial charge in [0.05, 0.1) is 0 Å². The van der Waals surface area contributed by atoms with Crippen LogP contribution in [-0.2, 0) is 0 Å². The van der Waals surface area contributed by atoms with Crippen molar-refractivity contribution in [1.29, 1.82) is 0 Å². The third-order valence-electron chi connectivity index (χ3n) is 0.566. The molecule has 0 spiro atoms. The molecule has 1 aromatic heterocycles. The number of nitrogens with zero attached hydrogens (tertiary/aromatic N) is 1. The molecule has 3 heteroatoms. The van der Waals surface area contributed by atoms with E-state index in [0.29, 0.717) is 0 Å². The quantitative estimate of drug-likeness (QED) is 0.601. The second kappa shape index (κ2) is 11.6. The van der Waals surface area contributed by atoms with E-state index >= 15 is 0 Å². The van der Waals surface area contributed by atoms with Gasteiger partial charge in [0.15, 0.2) is 0 Å². The number of aromatic nitrogens is 1. The first kappa shape index (κ1) is 12.5. The summed E-state index contributed by atoms with van der Waals surface area (Å²) < 4.78 is 0. The summed E-state index contributed by atoms with van der Waals surface area (Å²) in [6.45, 7) is 1.99. The lowest BCUT2D eigenvalue weighted by atomic mass is 10.5. The predicted octanol–water partition coefficient (Wildman–Crippen LogP) is 2.44. The van der Waals surface area contributed by atoms with Crippen molar-refractivity contribution in [3.8, 4) is 0 Å².